The Morgan fingerprint density at radius 1 is 1.22 bits per heavy atom. The van der Waals surface area contributed by atoms with E-state index < -0.39 is 16.0 Å². The molecule has 0 bridgehead atoms. The Morgan fingerprint density at radius 3 is 1.56 bits per heavy atom. The van der Waals surface area contributed by atoms with Crippen molar-refractivity contribution in [3.8, 4) is 0 Å². The number of hydrogen-bond donors (Lipinski definition) is 1. The number of rotatable bonds is 1. The van der Waals surface area contributed by atoms with Crippen LogP contribution in [0.1, 0.15) is 0 Å². The quantitative estimate of drug-likeness (QED) is 0.724. The zero-order chi connectivity index (χ0) is 7.71. The zero-order valence-corrected chi connectivity index (χ0v) is 7.22. The van der Waals surface area contributed by atoms with E-state index in [0.717, 1.165) is 0 Å². The summed E-state index contributed by atoms with van der Waals surface area (Å²) in [7, 11) is 0. The predicted molar refractivity (Wildman–Crippen MR) is 33.7 cm³/mol. The average Bonchev–Trinajstić information content (AvgIpc) is 1.64. The van der Waals surface area contributed by atoms with Gasteiger partial charge < -0.3 is 5.11 Å². The van der Waals surface area contributed by atoms with Gasteiger partial charge in [-0.1, -0.05) is 31.9 Å². The van der Waals surface area contributed by atoms with E-state index in [1.807, 2.05) is 0 Å². The van der Waals surface area contributed by atoms with Crippen LogP contribution < -0.4 is 0 Å². The minimum atomic E-state index is -4.47. The van der Waals surface area contributed by atoms with Crippen LogP contribution in [0, 0.1) is 0 Å². The third kappa shape index (κ3) is 2.43. The summed E-state index contributed by atoms with van der Waals surface area (Å²) in [5.74, 6) is 0. The van der Waals surface area contributed by atoms with Gasteiger partial charge in [-0.05, 0) is 0 Å². The summed E-state index contributed by atoms with van der Waals surface area (Å²) in [5, 5.41) is 8.12. The number of hydrogen-bond acceptors (Lipinski definition) is 1. The molecule has 0 aromatic rings. The molecular formula is C3H3Br2F3O. The highest BCUT2D eigenvalue weighted by molar-refractivity contribution is 9.25. The first-order valence-corrected chi connectivity index (χ1v) is 3.45. The Morgan fingerprint density at radius 2 is 1.56 bits per heavy atom. The molecule has 0 aliphatic heterocycles. The first-order chi connectivity index (χ1) is 3.81. The van der Waals surface area contributed by atoms with E-state index in [9.17, 15) is 13.2 Å². The Kier molecular flexibility index (Phi) is 2.97. The highest BCUT2D eigenvalue weighted by Gasteiger charge is 2.50. The minimum Gasteiger partial charge on any atom is -0.394 e. The maximum atomic E-state index is 11.6. The normalized spacial score (nSPS) is 14.0. The number of alkyl halides is 5. The molecule has 0 amide bonds. The molecule has 1 N–H and O–H groups in total. The summed E-state index contributed by atoms with van der Waals surface area (Å²) < 4.78 is 32.4. The summed E-state index contributed by atoms with van der Waals surface area (Å²) in [6.45, 7) is -1.03. The molecule has 6 heteroatoms. The Bertz CT molecular complexity index is 99.7. The van der Waals surface area contributed by atoms with E-state index >= 15 is 0 Å². The lowest BCUT2D eigenvalue weighted by Crippen LogP contribution is -2.36. The van der Waals surface area contributed by atoms with Crippen molar-refractivity contribution in [3.05, 3.63) is 0 Å². The molecule has 0 atom stereocenters. The number of aliphatic hydroxyl groups is 1. The van der Waals surface area contributed by atoms with Gasteiger partial charge in [-0.15, -0.1) is 0 Å². The molecule has 0 aliphatic rings. The van der Waals surface area contributed by atoms with Crippen molar-refractivity contribution in [1.82, 2.24) is 0 Å². The van der Waals surface area contributed by atoms with Gasteiger partial charge in [-0.2, -0.15) is 13.2 Å². The fourth-order valence-electron chi connectivity index (χ4n) is 0.0896. The molecule has 0 aromatic carbocycles. The van der Waals surface area contributed by atoms with Crippen molar-refractivity contribution in [2.45, 2.75) is 9.41 Å². The summed E-state index contributed by atoms with van der Waals surface area (Å²) in [4.78, 5) is 0. The van der Waals surface area contributed by atoms with Crippen LogP contribution >= 0.6 is 31.9 Å². The molecule has 0 saturated heterocycles. The summed E-state index contributed by atoms with van der Waals surface area (Å²) >= 11 is 4.49. The Labute approximate surface area is 66.5 Å². The van der Waals surface area contributed by atoms with E-state index in [4.69, 9.17) is 5.11 Å². The third-order valence-corrected chi connectivity index (χ3v) is 2.01. The monoisotopic (exact) mass is 270 g/mol. The number of aliphatic hydroxyl groups excluding tert-OH is 1. The molecule has 56 valence electrons. The van der Waals surface area contributed by atoms with Gasteiger partial charge in [0, 0.05) is 0 Å². The van der Waals surface area contributed by atoms with Crippen molar-refractivity contribution in [1.29, 1.82) is 0 Å². The summed E-state index contributed by atoms with van der Waals surface area (Å²) in [6, 6.07) is 0. The summed E-state index contributed by atoms with van der Waals surface area (Å²) in [5.41, 5.74) is 0. The lowest BCUT2D eigenvalue weighted by molar-refractivity contribution is -0.140. The van der Waals surface area contributed by atoms with Gasteiger partial charge >= 0.3 is 6.18 Å². The lowest BCUT2D eigenvalue weighted by Gasteiger charge is -2.20. The van der Waals surface area contributed by atoms with Crippen molar-refractivity contribution in [2.75, 3.05) is 6.61 Å². The van der Waals surface area contributed by atoms with Crippen LogP contribution in [0.25, 0.3) is 0 Å². The van der Waals surface area contributed by atoms with Gasteiger partial charge in [0.2, 0.25) is 0 Å². The van der Waals surface area contributed by atoms with Crippen LogP contribution in [0.4, 0.5) is 13.2 Å². The molecule has 0 fully saturated rings. The average molecular weight is 272 g/mol. The largest absolute Gasteiger partial charge is 0.415 e. The van der Waals surface area contributed by atoms with Gasteiger partial charge in [0.1, 0.15) is 0 Å². The van der Waals surface area contributed by atoms with Gasteiger partial charge in [0.15, 0.2) is 3.23 Å². The van der Waals surface area contributed by atoms with Gasteiger partial charge in [0.05, 0.1) is 6.61 Å². The molecular weight excluding hydrogens is 269 g/mol. The molecule has 0 radical (unpaired) electrons. The van der Waals surface area contributed by atoms with Crippen molar-refractivity contribution < 1.29 is 18.3 Å². The SMILES string of the molecule is OCC(Br)(Br)C(F)(F)F. The second-order valence-electron chi connectivity index (χ2n) is 1.36. The zero-order valence-electron chi connectivity index (χ0n) is 4.04. The predicted octanol–water partition coefficient (Wildman–Crippen LogP) is 2.03. The van der Waals surface area contributed by atoms with Gasteiger partial charge in [0.25, 0.3) is 0 Å². The van der Waals surface area contributed by atoms with Crippen molar-refractivity contribution >= 4 is 31.9 Å². The molecule has 0 saturated carbocycles. The molecule has 0 spiro atoms. The van der Waals surface area contributed by atoms with Gasteiger partial charge in [-0.25, -0.2) is 0 Å². The molecule has 1 nitrogen and oxygen atoms in total. The molecule has 0 aromatic heterocycles. The minimum absolute atomic E-state index is 1.03. The smallest absolute Gasteiger partial charge is 0.394 e. The van der Waals surface area contributed by atoms with Crippen LogP contribution in [0.5, 0.6) is 0 Å². The Hall–Kier alpha value is 0.710. The van der Waals surface area contributed by atoms with Crippen LogP contribution in [-0.2, 0) is 0 Å². The van der Waals surface area contributed by atoms with E-state index in [2.05, 4.69) is 31.9 Å². The topological polar surface area (TPSA) is 20.2 Å². The molecule has 0 heterocycles. The molecule has 9 heavy (non-hydrogen) atoms. The molecule has 0 rings (SSSR count). The van der Waals surface area contributed by atoms with Crippen LogP contribution in [0.15, 0.2) is 0 Å². The second kappa shape index (κ2) is 2.75. The van der Waals surface area contributed by atoms with Crippen LogP contribution in [0.3, 0.4) is 0 Å². The fourth-order valence-corrected chi connectivity index (χ4v) is 0.0896. The third-order valence-electron chi connectivity index (χ3n) is 0.613. The lowest BCUT2D eigenvalue weighted by atomic mass is 10.4. The van der Waals surface area contributed by atoms with Crippen LogP contribution in [-0.4, -0.2) is 21.1 Å². The fraction of sp³-hybridized carbons (Fsp3) is 1.00. The van der Waals surface area contributed by atoms with E-state index in [1.54, 1.807) is 0 Å². The second-order valence-corrected chi connectivity index (χ2v) is 5.13. The van der Waals surface area contributed by atoms with E-state index in [-0.39, 0.29) is 0 Å². The number of halogens is 5. The first-order valence-electron chi connectivity index (χ1n) is 1.86. The summed E-state index contributed by atoms with van der Waals surface area (Å²) in [6.07, 6.45) is -4.47. The van der Waals surface area contributed by atoms with E-state index in [1.165, 1.54) is 0 Å². The first kappa shape index (κ1) is 9.71. The van der Waals surface area contributed by atoms with Gasteiger partial charge in [-0.3, -0.25) is 0 Å². The van der Waals surface area contributed by atoms with Crippen molar-refractivity contribution in [2.24, 2.45) is 0 Å². The van der Waals surface area contributed by atoms with Crippen LogP contribution in [0.2, 0.25) is 0 Å². The van der Waals surface area contributed by atoms with Crippen molar-refractivity contribution in [3.63, 3.8) is 0 Å². The standard InChI is InChI=1S/C3H3Br2F3O/c4-2(5,1-9)3(6,7)8/h9H,1H2. The maximum absolute atomic E-state index is 11.6. The Balaban J connectivity index is 4.14. The van der Waals surface area contributed by atoms with E-state index in [0.29, 0.717) is 0 Å². The highest BCUT2D eigenvalue weighted by atomic mass is 79.9. The molecule has 0 unspecified atom stereocenters. The molecule has 0 aliphatic carbocycles. The maximum Gasteiger partial charge on any atom is 0.415 e. The highest BCUT2D eigenvalue weighted by Crippen LogP contribution is 2.42.